The van der Waals surface area contributed by atoms with E-state index in [4.69, 9.17) is 10.2 Å². The molecular formula is C17H21ClN2O2S. The molecule has 3 rings (SSSR count). The van der Waals surface area contributed by atoms with E-state index in [1.807, 2.05) is 35.4 Å². The molecule has 0 radical (unpaired) electrons. The third kappa shape index (κ3) is 3.74. The smallest absolute Gasteiger partial charge is 0.289 e. The highest BCUT2D eigenvalue weighted by atomic mass is 35.5. The number of benzene rings is 1. The molecule has 2 atom stereocenters. The van der Waals surface area contributed by atoms with Crippen LogP contribution in [0.15, 0.2) is 52.0 Å². The molecule has 4 nitrogen and oxygen atoms in total. The average molecular weight is 353 g/mol. The number of carbonyl (C=O) groups is 1. The summed E-state index contributed by atoms with van der Waals surface area (Å²) in [6.07, 6.45) is 1.93. The number of nitrogens with two attached hydrogens (primary N) is 1. The predicted molar refractivity (Wildman–Crippen MR) is 95.4 cm³/mol. The summed E-state index contributed by atoms with van der Waals surface area (Å²) in [5, 5.41) is 0.762. The lowest BCUT2D eigenvalue weighted by Gasteiger charge is -2.16. The van der Waals surface area contributed by atoms with Crippen LogP contribution in [0.25, 0.3) is 0 Å². The molecular weight excluding hydrogens is 332 g/mol. The van der Waals surface area contributed by atoms with Gasteiger partial charge >= 0.3 is 0 Å². The number of thioether (sulfide) groups is 1. The molecule has 6 heteroatoms. The zero-order valence-electron chi connectivity index (χ0n) is 13.0. The number of furan rings is 1. The molecule has 0 aliphatic carbocycles. The highest BCUT2D eigenvalue weighted by molar-refractivity contribution is 7.98. The van der Waals surface area contributed by atoms with Crippen molar-refractivity contribution in [3.8, 4) is 0 Å². The number of halogens is 1. The van der Waals surface area contributed by atoms with Crippen LogP contribution >= 0.6 is 24.2 Å². The zero-order valence-corrected chi connectivity index (χ0v) is 14.6. The zero-order chi connectivity index (χ0) is 15.5. The molecule has 2 aromatic rings. The van der Waals surface area contributed by atoms with Crippen molar-refractivity contribution < 1.29 is 9.21 Å². The molecule has 1 aliphatic heterocycles. The van der Waals surface area contributed by atoms with Crippen LogP contribution in [0, 0.1) is 5.92 Å². The van der Waals surface area contributed by atoms with Crippen LogP contribution < -0.4 is 5.73 Å². The molecule has 0 spiro atoms. The second-order valence-corrected chi connectivity index (χ2v) is 6.36. The van der Waals surface area contributed by atoms with E-state index in [-0.39, 0.29) is 18.3 Å². The fraction of sp³-hybridized carbons (Fsp3) is 0.353. The van der Waals surface area contributed by atoms with Crippen molar-refractivity contribution in [3.63, 3.8) is 0 Å². The minimum absolute atomic E-state index is 0. The van der Waals surface area contributed by atoms with E-state index in [2.05, 4.69) is 12.1 Å². The van der Waals surface area contributed by atoms with Gasteiger partial charge in [-0.1, -0.05) is 42.1 Å². The van der Waals surface area contributed by atoms with Crippen molar-refractivity contribution in [2.45, 2.75) is 11.0 Å². The first-order valence-corrected chi connectivity index (χ1v) is 8.63. The number of nitrogens with zero attached hydrogens (tertiary/aromatic N) is 1. The fourth-order valence-electron chi connectivity index (χ4n) is 3.05. The second-order valence-electron chi connectivity index (χ2n) is 5.55. The molecule has 0 saturated carbocycles. The summed E-state index contributed by atoms with van der Waals surface area (Å²) in [5.74, 6) is 0.956. The van der Waals surface area contributed by atoms with Crippen LogP contribution in [0.2, 0.25) is 0 Å². The van der Waals surface area contributed by atoms with Crippen molar-refractivity contribution in [3.05, 3.63) is 53.8 Å². The van der Waals surface area contributed by atoms with Gasteiger partial charge in [-0.05, 0) is 36.4 Å². The molecule has 23 heavy (non-hydrogen) atoms. The standard InChI is InChI=1S/C17H20N2O2S.ClH/c1-22-16-8-7-15(21-16)17(20)19-10-13(9-18)14(11-19)12-5-3-2-4-6-12;/h2-8,13-14H,9-11,18H2,1H3;1H/t13-,14+;/m1./s1. The lowest BCUT2D eigenvalue weighted by atomic mass is 9.89. The third-order valence-corrected chi connectivity index (χ3v) is 4.87. The van der Waals surface area contributed by atoms with Gasteiger partial charge in [0.15, 0.2) is 10.9 Å². The predicted octanol–water partition coefficient (Wildman–Crippen LogP) is 3.24. The molecule has 1 amide bonds. The van der Waals surface area contributed by atoms with Crippen molar-refractivity contribution in [1.29, 1.82) is 0 Å². The minimum Gasteiger partial charge on any atom is -0.445 e. The summed E-state index contributed by atoms with van der Waals surface area (Å²) < 4.78 is 5.56. The molecule has 2 heterocycles. The van der Waals surface area contributed by atoms with Crippen molar-refractivity contribution in [2.24, 2.45) is 11.7 Å². The van der Waals surface area contributed by atoms with Gasteiger partial charge in [0.2, 0.25) is 0 Å². The maximum Gasteiger partial charge on any atom is 0.289 e. The SMILES string of the molecule is CSc1ccc(C(=O)N2C[C@@H](CN)[C@H](c3ccccc3)C2)o1.Cl. The first-order chi connectivity index (χ1) is 10.7. The Morgan fingerprint density at radius 3 is 2.61 bits per heavy atom. The molecule has 124 valence electrons. The number of hydrogen-bond donors (Lipinski definition) is 1. The van der Waals surface area contributed by atoms with Gasteiger partial charge in [-0.25, -0.2) is 0 Å². The van der Waals surface area contributed by atoms with Gasteiger partial charge in [0.25, 0.3) is 5.91 Å². The Morgan fingerprint density at radius 2 is 2.00 bits per heavy atom. The highest BCUT2D eigenvalue weighted by Crippen LogP contribution is 2.33. The Labute approximate surface area is 146 Å². The molecule has 0 bridgehead atoms. The summed E-state index contributed by atoms with van der Waals surface area (Å²) >= 11 is 1.49. The van der Waals surface area contributed by atoms with Crippen molar-refractivity contribution in [1.82, 2.24) is 4.90 Å². The molecule has 1 aromatic carbocycles. The van der Waals surface area contributed by atoms with Crippen molar-refractivity contribution >= 4 is 30.1 Å². The van der Waals surface area contributed by atoms with Crippen LogP contribution in [-0.4, -0.2) is 36.7 Å². The van der Waals surface area contributed by atoms with Crippen LogP contribution in [0.4, 0.5) is 0 Å². The van der Waals surface area contributed by atoms with Gasteiger partial charge in [0, 0.05) is 19.0 Å². The summed E-state index contributed by atoms with van der Waals surface area (Å²) in [4.78, 5) is 14.5. The quantitative estimate of drug-likeness (QED) is 0.858. The number of carbonyl (C=O) groups excluding carboxylic acids is 1. The monoisotopic (exact) mass is 352 g/mol. The minimum atomic E-state index is -0.0443. The normalized spacial score (nSPS) is 20.3. The van der Waals surface area contributed by atoms with Gasteiger partial charge in [0.05, 0.1) is 0 Å². The summed E-state index contributed by atoms with van der Waals surface area (Å²) in [6.45, 7) is 1.96. The second kappa shape index (κ2) is 7.90. The van der Waals surface area contributed by atoms with Crippen LogP contribution in [-0.2, 0) is 0 Å². The van der Waals surface area contributed by atoms with Crippen LogP contribution in [0.3, 0.4) is 0 Å². The lowest BCUT2D eigenvalue weighted by Crippen LogP contribution is -2.29. The fourth-order valence-corrected chi connectivity index (χ4v) is 3.43. The summed E-state index contributed by atoms with van der Waals surface area (Å²) in [5.41, 5.74) is 7.17. The van der Waals surface area contributed by atoms with Crippen LogP contribution in [0.5, 0.6) is 0 Å². The first-order valence-electron chi connectivity index (χ1n) is 7.41. The number of rotatable bonds is 4. The van der Waals surface area contributed by atoms with Gasteiger partial charge in [-0.3, -0.25) is 4.79 Å². The van der Waals surface area contributed by atoms with Gasteiger partial charge < -0.3 is 15.1 Å². The summed E-state index contributed by atoms with van der Waals surface area (Å²) in [6, 6.07) is 13.9. The average Bonchev–Trinajstić information content (AvgIpc) is 3.21. The Balaban J connectivity index is 0.00000192. The number of likely N-dealkylation sites (tertiary alicyclic amines) is 1. The van der Waals surface area contributed by atoms with E-state index in [0.29, 0.717) is 37.2 Å². The number of hydrogen-bond acceptors (Lipinski definition) is 4. The van der Waals surface area contributed by atoms with Gasteiger partial charge in [0.1, 0.15) is 0 Å². The topological polar surface area (TPSA) is 59.5 Å². The molecule has 1 aromatic heterocycles. The number of amides is 1. The van der Waals surface area contributed by atoms with Gasteiger partial charge in [-0.2, -0.15) is 0 Å². The molecule has 1 saturated heterocycles. The van der Waals surface area contributed by atoms with E-state index in [0.717, 1.165) is 5.09 Å². The first kappa shape index (κ1) is 17.9. The highest BCUT2D eigenvalue weighted by Gasteiger charge is 2.36. The molecule has 1 fully saturated rings. The summed E-state index contributed by atoms with van der Waals surface area (Å²) in [7, 11) is 0. The van der Waals surface area contributed by atoms with E-state index in [1.54, 1.807) is 6.07 Å². The van der Waals surface area contributed by atoms with E-state index in [1.165, 1.54) is 17.3 Å². The largest absolute Gasteiger partial charge is 0.445 e. The molecule has 0 unspecified atom stereocenters. The Hall–Kier alpha value is -1.43. The Kier molecular flexibility index (Phi) is 6.16. The Morgan fingerprint density at radius 1 is 1.26 bits per heavy atom. The molecule has 2 N–H and O–H groups in total. The maximum absolute atomic E-state index is 12.6. The maximum atomic E-state index is 12.6. The van der Waals surface area contributed by atoms with Crippen LogP contribution in [0.1, 0.15) is 22.0 Å². The molecule has 1 aliphatic rings. The Bertz CT molecular complexity index is 647. The lowest BCUT2D eigenvalue weighted by molar-refractivity contribution is 0.0749. The third-order valence-electron chi connectivity index (χ3n) is 4.25. The van der Waals surface area contributed by atoms with E-state index >= 15 is 0 Å². The van der Waals surface area contributed by atoms with E-state index < -0.39 is 0 Å². The van der Waals surface area contributed by atoms with E-state index in [9.17, 15) is 4.79 Å². The van der Waals surface area contributed by atoms with Gasteiger partial charge in [-0.15, -0.1) is 12.4 Å². The van der Waals surface area contributed by atoms with Crippen molar-refractivity contribution in [2.75, 3.05) is 25.9 Å².